The molecule has 0 aromatic heterocycles. The molecule has 3 fully saturated rings. The van der Waals surface area contributed by atoms with Crippen molar-refractivity contribution in [1.29, 1.82) is 0 Å². The molecular formula is C21H30N2O3. The van der Waals surface area contributed by atoms with E-state index in [4.69, 9.17) is 9.47 Å². The quantitative estimate of drug-likeness (QED) is 0.849. The molecule has 4 rings (SSSR count). The Kier molecular flexibility index (Phi) is 5.46. The van der Waals surface area contributed by atoms with Gasteiger partial charge in [0.05, 0.1) is 26.4 Å². The zero-order chi connectivity index (χ0) is 17.9. The van der Waals surface area contributed by atoms with Crippen LogP contribution in [0.25, 0.3) is 0 Å². The Morgan fingerprint density at radius 3 is 2.62 bits per heavy atom. The normalized spacial score (nSPS) is 29.5. The highest BCUT2D eigenvalue weighted by atomic mass is 16.5. The zero-order valence-corrected chi connectivity index (χ0v) is 15.7. The predicted octanol–water partition coefficient (Wildman–Crippen LogP) is 2.62. The molecule has 1 heterocycles. The van der Waals surface area contributed by atoms with Crippen LogP contribution in [0.15, 0.2) is 24.3 Å². The van der Waals surface area contributed by atoms with E-state index in [0.29, 0.717) is 12.5 Å². The number of methoxy groups -OCH3 is 1. The molecule has 3 aliphatic rings. The predicted molar refractivity (Wildman–Crippen MR) is 100 cm³/mol. The molecule has 1 saturated heterocycles. The number of ether oxygens (including phenoxy) is 2. The lowest BCUT2D eigenvalue weighted by molar-refractivity contribution is -0.126. The summed E-state index contributed by atoms with van der Waals surface area (Å²) in [7, 11) is 1.68. The summed E-state index contributed by atoms with van der Waals surface area (Å²) >= 11 is 0. The first-order valence-corrected chi connectivity index (χ1v) is 9.98. The Bertz CT molecular complexity index is 612. The smallest absolute Gasteiger partial charge is 0.223 e. The van der Waals surface area contributed by atoms with Crippen molar-refractivity contribution >= 4 is 5.91 Å². The van der Waals surface area contributed by atoms with Crippen molar-refractivity contribution in [3.05, 3.63) is 29.8 Å². The fourth-order valence-electron chi connectivity index (χ4n) is 5.07. The number of morpholine rings is 1. The maximum absolute atomic E-state index is 12.8. The fourth-order valence-corrected chi connectivity index (χ4v) is 5.07. The van der Waals surface area contributed by atoms with Crippen molar-refractivity contribution in [1.82, 2.24) is 10.2 Å². The van der Waals surface area contributed by atoms with E-state index >= 15 is 0 Å². The Balaban J connectivity index is 1.42. The second-order valence-electron chi connectivity index (χ2n) is 7.96. The molecule has 26 heavy (non-hydrogen) atoms. The number of nitrogens with one attached hydrogen (secondary N) is 1. The van der Waals surface area contributed by atoms with Crippen LogP contribution in [-0.4, -0.2) is 50.8 Å². The van der Waals surface area contributed by atoms with Crippen LogP contribution in [0.3, 0.4) is 0 Å². The summed E-state index contributed by atoms with van der Waals surface area (Å²) in [4.78, 5) is 15.2. The topological polar surface area (TPSA) is 50.8 Å². The minimum absolute atomic E-state index is 0.187. The molecule has 1 amide bonds. The lowest BCUT2D eigenvalue weighted by Gasteiger charge is -2.35. The van der Waals surface area contributed by atoms with Gasteiger partial charge >= 0.3 is 0 Å². The van der Waals surface area contributed by atoms with Crippen LogP contribution in [0.5, 0.6) is 5.75 Å². The second-order valence-corrected chi connectivity index (χ2v) is 7.96. The van der Waals surface area contributed by atoms with Crippen molar-refractivity contribution in [2.45, 2.75) is 31.7 Å². The van der Waals surface area contributed by atoms with E-state index in [1.165, 1.54) is 24.8 Å². The van der Waals surface area contributed by atoms with Gasteiger partial charge in [0.2, 0.25) is 5.91 Å². The fraction of sp³-hybridized carbons (Fsp3) is 0.667. The second kappa shape index (κ2) is 7.97. The molecule has 1 aliphatic heterocycles. The molecule has 0 unspecified atom stereocenters. The molecule has 5 nitrogen and oxygen atoms in total. The summed E-state index contributed by atoms with van der Waals surface area (Å²) in [5, 5.41) is 3.28. The van der Waals surface area contributed by atoms with Crippen LogP contribution in [0, 0.1) is 17.8 Å². The third kappa shape index (κ3) is 3.74. The van der Waals surface area contributed by atoms with E-state index in [0.717, 1.165) is 44.4 Å². The van der Waals surface area contributed by atoms with Gasteiger partial charge in [-0.2, -0.15) is 0 Å². The molecule has 0 radical (unpaired) electrons. The van der Waals surface area contributed by atoms with E-state index in [2.05, 4.69) is 22.3 Å². The number of nitrogens with zero attached hydrogens (tertiary/aromatic N) is 1. The van der Waals surface area contributed by atoms with Gasteiger partial charge < -0.3 is 14.8 Å². The third-order valence-corrected chi connectivity index (χ3v) is 6.53. The number of hydrogen-bond donors (Lipinski definition) is 1. The van der Waals surface area contributed by atoms with Crippen molar-refractivity contribution in [3.8, 4) is 5.75 Å². The molecule has 1 N–H and O–H groups in total. The Hall–Kier alpha value is -1.59. The molecular weight excluding hydrogens is 328 g/mol. The highest BCUT2D eigenvalue weighted by Gasteiger charge is 2.43. The maximum Gasteiger partial charge on any atom is 0.223 e. The first-order chi connectivity index (χ1) is 12.7. The number of carbonyl (C=O) groups excluding carboxylic acids is 1. The first kappa shape index (κ1) is 17.8. The highest BCUT2D eigenvalue weighted by Crippen LogP contribution is 2.48. The molecule has 5 heteroatoms. The van der Waals surface area contributed by atoms with Gasteiger partial charge in [-0.3, -0.25) is 9.69 Å². The van der Waals surface area contributed by atoms with Gasteiger partial charge in [-0.1, -0.05) is 18.6 Å². The van der Waals surface area contributed by atoms with E-state index < -0.39 is 0 Å². The number of rotatable bonds is 6. The van der Waals surface area contributed by atoms with Crippen LogP contribution in [0.1, 0.15) is 37.3 Å². The molecule has 1 aromatic carbocycles. The largest absolute Gasteiger partial charge is 0.497 e. The Labute approximate surface area is 156 Å². The lowest BCUT2D eigenvalue weighted by Crippen LogP contribution is -2.45. The standard InChI is InChI=1S/C21H30N2O3/c1-25-18-6-4-16(5-7-18)20(23-8-10-26-11-9-23)14-22-21(24)19-13-15-2-3-17(19)12-15/h4-7,15,17,19-20H,2-3,8-14H2,1H3,(H,22,24)/t15-,17-,19-,20+/m0/s1. The van der Waals surface area contributed by atoms with Gasteiger partial charge in [-0.25, -0.2) is 0 Å². The SMILES string of the molecule is COc1ccc([C@@H](CNC(=O)[C@H]2C[C@H]3CC[C@H]2C3)N2CCOCC2)cc1. The van der Waals surface area contributed by atoms with E-state index in [-0.39, 0.29) is 17.9 Å². The zero-order valence-electron chi connectivity index (χ0n) is 15.7. The third-order valence-electron chi connectivity index (χ3n) is 6.53. The van der Waals surface area contributed by atoms with E-state index in [1.54, 1.807) is 7.11 Å². The van der Waals surface area contributed by atoms with Crippen LogP contribution in [0.4, 0.5) is 0 Å². The summed E-state index contributed by atoms with van der Waals surface area (Å²) in [6.07, 6.45) is 4.94. The molecule has 4 atom stereocenters. The van der Waals surface area contributed by atoms with Gasteiger partial charge in [0, 0.05) is 25.6 Å². The van der Waals surface area contributed by atoms with Crippen LogP contribution in [-0.2, 0) is 9.53 Å². The number of benzene rings is 1. The number of fused-ring (bicyclic) bond motifs is 2. The van der Waals surface area contributed by atoms with Crippen molar-refractivity contribution in [2.24, 2.45) is 17.8 Å². The monoisotopic (exact) mass is 358 g/mol. The number of hydrogen-bond acceptors (Lipinski definition) is 4. The molecule has 2 saturated carbocycles. The summed E-state index contributed by atoms with van der Waals surface area (Å²) in [5.41, 5.74) is 1.22. The number of amides is 1. The van der Waals surface area contributed by atoms with E-state index in [1.807, 2.05) is 12.1 Å². The van der Waals surface area contributed by atoms with Gasteiger partial charge in [0.25, 0.3) is 0 Å². The Morgan fingerprint density at radius 2 is 2.00 bits per heavy atom. The lowest BCUT2D eigenvalue weighted by atomic mass is 9.88. The first-order valence-electron chi connectivity index (χ1n) is 9.98. The van der Waals surface area contributed by atoms with Crippen molar-refractivity contribution in [3.63, 3.8) is 0 Å². The average Bonchev–Trinajstić information content (AvgIpc) is 3.33. The van der Waals surface area contributed by atoms with Gasteiger partial charge in [0.15, 0.2) is 0 Å². The van der Waals surface area contributed by atoms with Gasteiger partial charge in [-0.05, 0) is 48.8 Å². The summed E-state index contributed by atoms with van der Waals surface area (Å²) in [5.74, 6) is 2.80. The maximum atomic E-state index is 12.8. The van der Waals surface area contributed by atoms with E-state index in [9.17, 15) is 4.79 Å². The van der Waals surface area contributed by atoms with Crippen molar-refractivity contribution in [2.75, 3.05) is 40.0 Å². The highest BCUT2D eigenvalue weighted by molar-refractivity contribution is 5.79. The summed E-state index contributed by atoms with van der Waals surface area (Å²) in [6, 6.07) is 8.42. The van der Waals surface area contributed by atoms with Crippen molar-refractivity contribution < 1.29 is 14.3 Å². The Morgan fingerprint density at radius 1 is 1.23 bits per heavy atom. The molecule has 2 aliphatic carbocycles. The molecule has 0 spiro atoms. The average molecular weight is 358 g/mol. The summed E-state index contributed by atoms with van der Waals surface area (Å²) < 4.78 is 10.8. The minimum Gasteiger partial charge on any atom is -0.497 e. The van der Waals surface area contributed by atoms with Crippen LogP contribution >= 0.6 is 0 Å². The summed E-state index contributed by atoms with van der Waals surface area (Å²) in [6.45, 7) is 3.99. The minimum atomic E-state index is 0.187. The van der Waals surface area contributed by atoms with Crippen LogP contribution in [0.2, 0.25) is 0 Å². The van der Waals surface area contributed by atoms with Crippen LogP contribution < -0.4 is 10.1 Å². The van der Waals surface area contributed by atoms with Gasteiger partial charge in [0.1, 0.15) is 5.75 Å². The molecule has 142 valence electrons. The molecule has 1 aromatic rings. The van der Waals surface area contributed by atoms with Gasteiger partial charge in [-0.15, -0.1) is 0 Å². The number of carbonyl (C=O) groups is 1. The molecule has 2 bridgehead atoms.